The SMILES string of the molecule is Nc1nc2cc(CCC3=CC(n4ccc5c(N)ncnc54)C(O)C3O)cnc2cc1Cl. The molecule has 0 aliphatic heterocycles. The van der Waals surface area contributed by atoms with Crippen molar-refractivity contribution in [3.8, 4) is 0 Å². The average Bonchev–Trinajstić information content (AvgIpc) is 3.30. The Hall–Kier alpha value is -3.27. The number of aliphatic hydroxyl groups is 2. The molecule has 5 rings (SSSR count). The summed E-state index contributed by atoms with van der Waals surface area (Å²) < 4.78 is 1.81. The van der Waals surface area contributed by atoms with Gasteiger partial charge < -0.3 is 26.2 Å². The van der Waals surface area contributed by atoms with Crippen molar-refractivity contribution in [1.82, 2.24) is 24.5 Å². The summed E-state index contributed by atoms with van der Waals surface area (Å²) in [4.78, 5) is 16.9. The zero-order valence-corrected chi connectivity index (χ0v) is 17.1. The number of halogens is 1. The number of nitrogens with zero attached hydrogens (tertiary/aromatic N) is 5. The predicted octanol–water partition coefficient (Wildman–Crippen LogP) is 2.03. The van der Waals surface area contributed by atoms with E-state index in [9.17, 15) is 10.2 Å². The Morgan fingerprint density at radius 2 is 1.87 bits per heavy atom. The number of aromatic nitrogens is 5. The van der Waals surface area contributed by atoms with Crippen LogP contribution in [-0.4, -0.2) is 46.9 Å². The third-order valence-electron chi connectivity index (χ3n) is 5.70. The number of anilines is 2. The summed E-state index contributed by atoms with van der Waals surface area (Å²) in [5.41, 5.74) is 15.3. The first-order valence-electron chi connectivity index (χ1n) is 9.77. The highest BCUT2D eigenvalue weighted by Crippen LogP contribution is 2.34. The second kappa shape index (κ2) is 7.45. The summed E-state index contributed by atoms with van der Waals surface area (Å²) in [5.74, 6) is 0.636. The average molecular weight is 438 g/mol. The maximum Gasteiger partial charge on any atom is 0.146 e. The van der Waals surface area contributed by atoms with Crippen LogP contribution in [0, 0.1) is 0 Å². The number of aliphatic hydroxyl groups excluding tert-OH is 2. The highest BCUT2D eigenvalue weighted by atomic mass is 35.5. The molecule has 0 bridgehead atoms. The van der Waals surface area contributed by atoms with Gasteiger partial charge in [-0.1, -0.05) is 17.7 Å². The molecule has 0 spiro atoms. The molecule has 0 saturated heterocycles. The molecule has 31 heavy (non-hydrogen) atoms. The van der Waals surface area contributed by atoms with Crippen LogP contribution in [0.3, 0.4) is 0 Å². The quantitative estimate of drug-likeness (QED) is 0.354. The molecule has 0 saturated carbocycles. The first-order chi connectivity index (χ1) is 14.9. The third kappa shape index (κ3) is 3.36. The van der Waals surface area contributed by atoms with Gasteiger partial charge >= 0.3 is 0 Å². The second-order valence-electron chi connectivity index (χ2n) is 7.62. The molecule has 0 radical (unpaired) electrons. The summed E-state index contributed by atoms with van der Waals surface area (Å²) >= 11 is 6.00. The largest absolute Gasteiger partial charge is 0.388 e. The van der Waals surface area contributed by atoms with Gasteiger partial charge in [0.15, 0.2) is 0 Å². The molecule has 4 aromatic heterocycles. The van der Waals surface area contributed by atoms with E-state index in [4.69, 9.17) is 23.1 Å². The van der Waals surface area contributed by atoms with Gasteiger partial charge in [-0.05, 0) is 42.2 Å². The van der Waals surface area contributed by atoms with E-state index in [1.54, 1.807) is 24.5 Å². The van der Waals surface area contributed by atoms with Crippen molar-refractivity contribution in [2.24, 2.45) is 0 Å². The van der Waals surface area contributed by atoms with Crippen molar-refractivity contribution in [3.63, 3.8) is 0 Å². The lowest BCUT2D eigenvalue weighted by Gasteiger charge is -2.19. The van der Waals surface area contributed by atoms with Gasteiger partial charge in [-0.2, -0.15) is 0 Å². The van der Waals surface area contributed by atoms with E-state index in [1.807, 2.05) is 16.7 Å². The van der Waals surface area contributed by atoms with Gasteiger partial charge in [0.25, 0.3) is 0 Å². The van der Waals surface area contributed by atoms with Crippen LogP contribution in [-0.2, 0) is 6.42 Å². The van der Waals surface area contributed by atoms with Gasteiger partial charge in [-0.3, -0.25) is 4.98 Å². The highest BCUT2D eigenvalue weighted by molar-refractivity contribution is 6.33. The number of hydrogen-bond donors (Lipinski definition) is 4. The molecular formula is C21H20ClN7O2. The van der Waals surface area contributed by atoms with E-state index in [-0.39, 0.29) is 5.82 Å². The summed E-state index contributed by atoms with van der Waals surface area (Å²) in [6, 6.07) is 4.95. The summed E-state index contributed by atoms with van der Waals surface area (Å²) in [5, 5.41) is 22.4. The number of nitrogen functional groups attached to an aromatic ring is 2. The first-order valence-corrected chi connectivity index (χ1v) is 10.1. The molecule has 9 nitrogen and oxygen atoms in total. The maximum atomic E-state index is 10.7. The van der Waals surface area contributed by atoms with Crippen LogP contribution in [0.2, 0.25) is 5.02 Å². The molecule has 10 heteroatoms. The third-order valence-corrected chi connectivity index (χ3v) is 6.01. The van der Waals surface area contributed by atoms with Crippen molar-refractivity contribution in [3.05, 3.63) is 59.2 Å². The van der Waals surface area contributed by atoms with E-state index in [2.05, 4.69) is 19.9 Å². The highest BCUT2D eigenvalue weighted by Gasteiger charge is 2.36. The molecular weight excluding hydrogens is 418 g/mol. The van der Waals surface area contributed by atoms with Crippen molar-refractivity contribution in [2.75, 3.05) is 11.5 Å². The van der Waals surface area contributed by atoms with Crippen LogP contribution < -0.4 is 11.5 Å². The van der Waals surface area contributed by atoms with E-state index in [1.165, 1.54) is 6.33 Å². The molecule has 0 amide bonds. The Labute approximate surface area is 182 Å². The van der Waals surface area contributed by atoms with Crippen molar-refractivity contribution in [2.45, 2.75) is 31.1 Å². The lowest BCUT2D eigenvalue weighted by atomic mass is 10.0. The molecule has 3 atom stereocenters. The molecule has 0 aromatic carbocycles. The molecule has 4 heterocycles. The van der Waals surface area contributed by atoms with E-state index < -0.39 is 18.2 Å². The lowest BCUT2D eigenvalue weighted by molar-refractivity contribution is 0.0317. The fourth-order valence-electron chi connectivity index (χ4n) is 4.04. The fraction of sp³-hybridized carbons (Fsp3) is 0.238. The number of pyridine rings is 2. The molecule has 3 unspecified atom stereocenters. The van der Waals surface area contributed by atoms with Gasteiger partial charge in [0.1, 0.15) is 35.8 Å². The Morgan fingerprint density at radius 3 is 2.71 bits per heavy atom. The Bertz CT molecular complexity index is 1340. The maximum absolute atomic E-state index is 10.7. The van der Waals surface area contributed by atoms with Crippen LogP contribution in [0.15, 0.2) is 48.6 Å². The normalized spacial score (nSPS) is 21.1. The van der Waals surface area contributed by atoms with Crippen molar-refractivity contribution >= 4 is 45.3 Å². The lowest BCUT2D eigenvalue weighted by Crippen LogP contribution is -2.29. The van der Waals surface area contributed by atoms with Crippen LogP contribution in [0.5, 0.6) is 0 Å². The molecule has 1 aliphatic rings. The summed E-state index contributed by atoms with van der Waals surface area (Å²) in [7, 11) is 0. The minimum absolute atomic E-state index is 0.261. The smallest absolute Gasteiger partial charge is 0.146 e. The minimum atomic E-state index is -0.986. The number of hydrogen-bond acceptors (Lipinski definition) is 8. The predicted molar refractivity (Wildman–Crippen MR) is 118 cm³/mol. The Kier molecular flexibility index (Phi) is 4.73. The number of fused-ring (bicyclic) bond motifs is 2. The molecule has 158 valence electrons. The summed E-state index contributed by atoms with van der Waals surface area (Å²) in [6.07, 6.45) is 6.05. The fourth-order valence-corrected chi connectivity index (χ4v) is 4.18. The van der Waals surface area contributed by atoms with Gasteiger partial charge in [0.05, 0.1) is 27.5 Å². The number of nitrogens with two attached hydrogens (primary N) is 2. The van der Waals surface area contributed by atoms with Crippen LogP contribution >= 0.6 is 11.6 Å². The van der Waals surface area contributed by atoms with E-state index >= 15 is 0 Å². The molecule has 1 aliphatic carbocycles. The van der Waals surface area contributed by atoms with Crippen LogP contribution in [0.1, 0.15) is 18.0 Å². The van der Waals surface area contributed by atoms with E-state index in [0.717, 1.165) is 11.1 Å². The Morgan fingerprint density at radius 1 is 1.03 bits per heavy atom. The van der Waals surface area contributed by atoms with Gasteiger partial charge in [-0.15, -0.1) is 0 Å². The molecule has 0 fully saturated rings. The standard InChI is InChI=1S/C21H20ClN7O2/c22-13-7-14-15(28-20(13)24)5-10(8-25-14)1-2-11-6-16(18(31)17(11)30)29-4-3-12-19(23)26-9-27-21(12)29/h3-9,16-18,30-31H,1-2H2,(H2,24,28)(H2,23,26,27). The van der Waals surface area contributed by atoms with Gasteiger partial charge in [-0.25, -0.2) is 15.0 Å². The topological polar surface area (TPSA) is 149 Å². The minimum Gasteiger partial charge on any atom is -0.388 e. The van der Waals surface area contributed by atoms with Gasteiger partial charge in [0.2, 0.25) is 0 Å². The van der Waals surface area contributed by atoms with Crippen LogP contribution in [0.25, 0.3) is 22.1 Å². The zero-order valence-electron chi connectivity index (χ0n) is 16.4. The van der Waals surface area contributed by atoms with Gasteiger partial charge in [0, 0.05) is 12.4 Å². The van der Waals surface area contributed by atoms with E-state index in [0.29, 0.717) is 45.7 Å². The second-order valence-corrected chi connectivity index (χ2v) is 8.03. The molecule has 6 N–H and O–H groups in total. The zero-order chi connectivity index (χ0) is 21.7. The van der Waals surface area contributed by atoms with Crippen LogP contribution in [0.4, 0.5) is 11.6 Å². The summed E-state index contributed by atoms with van der Waals surface area (Å²) in [6.45, 7) is 0. The molecule has 4 aromatic rings. The monoisotopic (exact) mass is 437 g/mol. The number of rotatable bonds is 4. The Balaban J connectivity index is 1.39. The van der Waals surface area contributed by atoms with Crippen molar-refractivity contribution < 1.29 is 10.2 Å². The number of aryl methyl sites for hydroxylation is 1. The first kappa shape index (κ1) is 19.7. The van der Waals surface area contributed by atoms with Crippen molar-refractivity contribution in [1.29, 1.82) is 0 Å².